The molecule has 2 heterocycles. The lowest BCUT2D eigenvalue weighted by atomic mass is 10.2. The highest BCUT2D eigenvalue weighted by Crippen LogP contribution is 2.31. The second-order valence-corrected chi connectivity index (χ2v) is 4.47. The fraction of sp³-hybridized carbons (Fsp3) is 0.333. The Bertz CT molecular complexity index is 552. The van der Waals surface area contributed by atoms with Gasteiger partial charge in [-0.3, -0.25) is 4.98 Å². The Labute approximate surface area is 98.4 Å². The van der Waals surface area contributed by atoms with E-state index in [1.807, 2.05) is 19.1 Å². The molecular weight excluding hydrogens is 224 g/mol. The Morgan fingerprint density at radius 3 is 2.94 bits per heavy atom. The van der Waals surface area contributed by atoms with Crippen molar-refractivity contribution < 1.29 is 4.74 Å². The number of hydrogen-bond donors (Lipinski definition) is 0. The van der Waals surface area contributed by atoms with Crippen molar-refractivity contribution in [3.63, 3.8) is 0 Å². The van der Waals surface area contributed by atoms with Crippen molar-refractivity contribution in [1.82, 2.24) is 9.97 Å². The smallest absolute Gasteiger partial charge is 0.149 e. The number of rotatable bonds is 2. The molecule has 1 aliphatic rings. The second kappa shape index (κ2) is 3.59. The number of pyridine rings is 2. The summed E-state index contributed by atoms with van der Waals surface area (Å²) in [4.78, 5) is 8.60. The Hall–Kier alpha value is -1.35. The van der Waals surface area contributed by atoms with Gasteiger partial charge in [-0.1, -0.05) is 11.6 Å². The Morgan fingerprint density at radius 1 is 1.38 bits per heavy atom. The summed E-state index contributed by atoms with van der Waals surface area (Å²) < 4.78 is 5.79. The molecule has 2 aromatic rings. The van der Waals surface area contributed by atoms with Gasteiger partial charge < -0.3 is 4.74 Å². The van der Waals surface area contributed by atoms with E-state index in [1.165, 1.54) is 0 Å². The normalized spacial score (nSPS) is 15.4. The number of aromatic nitrogens is 2. The number of fused-ring (bicyclic) bond motifs is 1. The van der Waals surface area contributed by atoms with Gasteiger partial charge in [-0.15, -0.1) is 0 Å². The van der Waals surface area contributed by atoms with Gasteiger partial charge in [0.2, 0.25) is 0 Å². The van der Waals surface area contributed by atoms with Gasteiger partial charge in [0.05, 0.1) is 11.6 Å². The SMILES string of the molecule is Cc1cc(Cl)nc2c(OC3CC3)ccnc12. The number of hydrogen-bond acceptors (Lipinski definition) is 3. The monoisotopic (exact) mass is 234 g/mol. The van der Waals surface area contributed by atoms with Crippen LogP contribution in [0.25, 0.3) is 11.0 Å². The predicted molar refractivity (Wildman–Crippen MR) is 62.9 cm³/mol. The van der Waals surface area contributed by atoms with Gasteiger partial charge in [-0.05, 0) is 31.4 Å². The first kappa shape index (κ1) is 9.85. The summed E-state index contributed by atoms with van der Waals surface area (Å²) in [6.45, 7) is 1.98. The Balaban J connectivity index is 2.19. The lowest BCUT2D eigenvalue weighted by Crippen LogP contribution is -1.99. The molecule has 16 heavy (non-hydrogen) atoms. The molecular formula is C12H11ClN2O. The van der Waals surface area contributed by atoms with Crippen LogP contribution in [0.3, 0.4) is 0 Å². The van der Waals surface area contributed by atoms with E-state index < -0.39 is 0 Å². The van der Waals surface area contributed by atoms with Gasteiger partial charge >= 0.3 is 0 Å². The highest BCUT2D eigenvalue weighted by Gasteiger charge is 2.24. The van der Waals surface area contributed by atoms with Gasteiger partial charge in [-0.25, -0.2) is 4.98 Å². The number of nitrogens with zero attached hydrogens (tertiary/aromatic N) is 2. The molecule has 2 aromatic heterocycles. The molecule has 0 amide bonds. The van der Waals surface area contributed by atoms with E-state index in [0.29, 0.717) is 11.3 Å². The van der Waals surface area contributed by atoms with E-state index in [9.17, 15) is 0 Å². The third-order valence-electron chi connectivity index (χ3n) is 2.63. The minimum absolute atomic E-state index is 0.353. The summed E-state index contributed by atoms with van der Waals surface area (Å²) in [6.07, 6.45) is 4.36. The number of aryl methyl sites for hydroxylation is 1. The topological polar surface area (TPSA) is 35.0 Å². The van der Waals surface area contributed by atoms with Crippen molar-refractivity contribution in [3.8, 4) is 5.75 Å². The lowest BCUT2D eigenvalue weighted by molar-refractivity contribution is 0.306. The molecule has 0 spiro atoms. The molecule has 0 unspecified atom stereocenters. The summed E-state index contributed by atoms with van der Waals surface area (Å²) in [7, 11) is 0. The lowest BCUT2D eigenvalue weighted by Gasteiger charge is -2.08. The Kier molecular flexibility index (Phi) is 2.21. The van der Waals surface area contributed by atoms with Crippen LogP contribution in [0, 0.1) is 6.92 Å². The fourth-order valence-corrected chi connectivity index (χ4v) is 1.93. The fourth-order valence-electron chi connectivity index (χ4n) is 1.68. The maximum Gasteiger partial charge on any atom is 0.149 e. The zero-order valence-electron chi connectivity index (χ0n) is 8.90. The zero-order valence-corrected chi connectivity index (χ0v) is 9.66. The summed E-state index contributed by atoms with van der Waals surface area (Å²) in [5.41, 5.74) is 2.65. The molecule has 0 N–H and O–H groups in total. The van der Waals surface area contributed by atoms with E-state index in [0.717, 1.165) is 35.2 Å². The highest BCUT2D eigenvalue weighted by atomic mass is 35.5. The van der Waals surface area contributed by atoms with E-state index in [-0.39, 0.29) is 0 Å². The van der Waals surface area contributed by atoms with Crippen molar-refractivity contribution in [2.45, 2.75) is 25.9 Å². The van der Waals surface area contributed by atoms with E-state index in [1.54, 1.807) is 6.20 Å². The average Bonchev–Trinajstić information content (AvgIpc) is 3.03. The van der Waals surface area contributed by atoms with Gasteiger partial charge in [0.25, 0.3) is 0 Å². The minimum atomic E-state index is 0.353. The molecule has 0 atom stereocenters. The van der Waals surface area contributed by atoms with Crippen molar-refractivity contribution in [3.05, 3.63) is 29.0 Å². The molecule has 4 heteroatoms. The summed E-state index contributed by atoms with van der Waals surface area (Å²) >= 11 is 5.95. The van der Waals surface area contributed by atoms with Crippen molar-refractivity contribution in [2.75, 3.05) is 0 Å². The molecule has 1 fully saturated rings. The third kappa shape index (κ3) is 1.71. The first-order chi connectivity index (χ1) is 7.74. The second-order valence-electron chi connectivity index (χ2n) is 4.09. The van der Waals surface area contributed by atoms with Crippen molar-refractivity contribution >= 4 is 22.6 Å². The molecule has 0 aliphatic heterocycles. The first-order valence-corrected chi connectivity index (χ1v) is 5.70. The van der Waals surface area contributed by atoms with Crippen LogP contribution in [-0.4, -0.2) is 16.1 Å². The standard InChI is InChI=1S/C12H11ClN2O/c1-7-6-10(13)15-12-9(16-8-2-3-8)4-5-14-11(7)12/h4-6,8H,2-3H2,1H3. The van der Waals surface area contributed by atoms with E-state index in [4.69, 9.17) is 16.3 Å². The molecule has 1 aliphatic carbocycles. The van der Waals surface area contributed by atoms with Gasteiger partial charge in [0, 0.05) is 12.3 Å². The summed E-state index contributed by atoms with van der Waals surface area (Å²) in [6, 6.07) is 3.67. The minimum Gasteiger partial charge on any atom is -0.488 e. The van der Waals surface area contributed by atoms with Gasteiger partial charge in [0.15, 0.2) is 0 Å². The molecule has 0 aromatic carbocycles. The molecule has 1 saturated carbocycles. The van der Waals surface area contributed by atoms with Crippen LogP contribution in [0.15, 0.2) is 18.3 Å². The average molecular weight is 235 g/mol. The molecule has 0 radical (unpaired) electrons. The zero-order chi connectivity index (χ0) is 11.1. The molecule has 3 rings (SSSR count). The van der Waals surface area contributed by atoms with Crippen molar-refractivity contribution in [2.24, 2.45) is 0 Å². The van der Waals surface area contributed by atoms with E-state index in [2.05, 4.69) is 9.97 Å². The summed E-state index contributed by atoms with van der Waals surface area (Å²) in [5, 5.41) is 0.485. The Morgan fingerprint density at radius 2 is 2.19 bits per heavy atom. The molecule has 0 bridgehead atoms. The maximum atomic E-state index is 5.95. The van der Waals surface area contributed by atoms with Crippen LogP contribution in [0.1, 0.15) is 18.4 Å². The van der Waals surface area contributed by atoms with Crippen LogP contribution < -0.4 is 4.74 Å². The molecule has 3 nitrogen and oxygen atoms in total. The largest absolute Gasteiger partial charge is 0.488 e. The number of halogens is 1. The quantitative estimate of drug-likeness (QED) is 0.749. The first-order valence-electron chi connectivity index (χ1n) is 5.32. The maximum absolute atomic E-state index is 5.95. The van der Waals surface area contributed by atoms with E-state index >= 15 is 0 Å². The summed E-state index contributed by atoms with van der Waals surface area (Å²) in [5.74, 6) is 0.790. The predicted octanol–water partition coefficient (Wildman–Crippen LogP) is 3.13. The number of ether oxygens (including phenoxy) is 1. The van der Waals surface area contributed by atoms with Gasteiger partial charge in [0.1, 0.15) is 16.4 Å². The van der Waals surface area contributed by atoms with Crippen LogP contribution in [-0.2, 0) is 0 Å². The highest BCUT2D eigenvalue weighted by molar-refractivity contribution is 6.29. The third-order valence-corrected chi connectivity index (χ3v) is 2.83. The van der Waals surface area contributed by atoms with Crippen LogP contribution in [0.2, 0.25) is 5.15 Å². The van der Waals surface area contributed by atoms with Crippen LogP contribution in [0.5, 0.6) is 5.75 Å². The molecule has 82 valence electrons. The van der Waals surface area contributed by atoms with Gasteiger partial charge in [-0.2, -0.15) is 0 Å². The molecule has 0 saturated heterocycles. The van der Waals surface area contributed by atoms with Crippen molar-refractivity contribution in [1.29, 1.82) is 0 Å². The van der Waals surface area contributed by atoms with Crippen LogP contribution in [0.4, 0.5) is 0 Å². The van der Waals surface area contributed by atoms with Crippen LogP contribution >= 0.6 is 11.6 Å².